The zero-order valence-electron chi connectivity index (χ0n) is 13.0. The fourth-order valence-electron chi connectivity index (χ4n) is 2.60. The predicted octanol–water partition coefficient (Wildman–Crippen LogP) is 3.76. The number of nitro benzene ring substituents is 2. The summed E-state index contributed by atoms with van der Waals surface area (Å²) in [4.78, 5) is 20.5. The molecule has 4 rings (SSSR count). The number of nitro groups is 2. The summed E-state index contributed by atoms with van der Waals surface area (Å²) >= 11 is 0. The Morgan fingerprint density at radius 1 is 1.04 bits per heavy atom. The second-order valence-corrected chi connectivity index (χ2v) is 5.51. The number of nitrogens with one attached hydrogen (secondary N) is 1. The molecule has 0 saturated carbocycles. The first-order valence-corrected chi connectivity index (χ1v) is 7.51. The van der Waals surface area contributed by atoms with Gasteiger partial charge in [0.1, 0.15) is 5.69 Å². The second kappa shape index (κ2) is 6.91. The average molecular weight is 338 g/mol. The Balaban J connectivity index is 1.80. The SMILES string of the molecule is O=[N+]([O-])c1ccc(N/N=C/C2=C[C@@H]3C=CC=C[C@@H]2C=C3)c([N+](=O)[O-])c1. The van der Waals surface area contributed by atoms with E-state index in [0.717, 1.165) is 11.6 Å². The van der Waals surface area contributed by atoms with E-state index < -0.39 is 15.5 Å². The molecule has 126 valence electrons. The summed E-state index contributed by atoms with van der Waals surface area (Å²) in [5, 5.41) is 25.9. The van der Waals surface area contributed by atoms with Gasteiger partial charge >= 0.3 is 5.69 Å². The minimum Gasteiger partial charge on any atom is -0.272 e. The molecular weight excluding hydrogens is 324 g/mol. The molecule has 0 aromatic heterocycles. The fraction of sp³-hybridized carbons (Fsp3) is 0.118. The van der Waals surface area contributed by atoms with Crippen LogP contribution < -0.4 is 5.43 Å². The molecule has 0 spiro atoms. The van der Waals surface area contributed by atoms with E-state index in [4.69, 9.17) is 0 Å². The molecule has 0 saturated heterocycles. The molecule has 2 atom stereocenters. The van der Waals surface area contributed by atoms with Gasteiger partial charge in [-0.2, -0.15) is 5.10 Å². The number of nitrogens with zero attached hydrogens (tertiary/aromatic N) is 3. The molecule has 0 radical (unpaired) electrons. The van der Waals surface area contributed by atoms with Gasteiger partial charge in [-0.05, 0) is 11.6 Å². The third-order valence-corrected chi connectivity index (χ3v) is 3.86. The minimum atomic E-state index is -0.682. The fourth-order valence-corrected chi connectivity index (χ4v) is 2.60. The number of anilines is 1. The number of fused-ring (bicyclic) bond motifs is 1. The van der Waals surface area contributed by atoms with Crippen LogP contribution in [0.1, 0.15) is 0 Å². The summed E-state index contributed by atoms with van der Waals surface area (Å²) in [5.74, 6) is 0.287. The number of hydrazone groups is 1. The van der Waals surface area contributed by atoms with Crippen molar-refractivity contribution in [3.63, 3.8) is 0 Å². The van der Waals surface area contributed by atoms with E-state index >= 15 is 0 Å². The Bertz CT molecular complexity index is 867. The van der Waals surface area contributed by atoms with Gasteiger partial charge in [-0.3, -0.25) is 25.7 Å². The van der Waals surface area contributed by atoms with Crippen LogP contribution in [0.25, 0.3) is 0 Å². The van der Waals surface area contributed by atoms with Crippen molar-refractivity contribution in [1.29, 1.82) is 0 Å². The summed E-state index contributed by atoms with van der Waals surface area (Å²) in [6, 6.07) is 3.37. The van der Waals surface area contributed by atoms with Gasteiger partial charge in [-0.15, -0.1) is 0 Å². The largest absolute Gasteiger partial charge is 0.301 e. The van der Waals surface area contributed by atoms with Gasteiger partial charge in [-0.25, -0.2) is 0 Å². The molecule has 0 fully saturated rings. The molecule has 25 heavy (non-hydrogen) atoms. The highest BCUT2D eigenvalue weighted by atomic mass is 16.6. The average Bonchev–Trinajstić information content (AvgIpc) is 2.55. The Hall–Kier alpha value is -3.55. The third kappa shape index (κ3) is 3.69. The van der Waals surface area contributed by atoms with Crippen LogP contribution in [0.2, 0.25) is 0 Å². The molecule has 0 amide bonds. The Kier molecular flexibility index (Phi) is 4.51. The molecule has 0 heterocycles. The molecule has 2 bridgehead atoms. The smallest absolute Gasteiger partial charge is 0.272 e. The van der Waals surface area contributed by atoms with Crippen LogP contribution in [0.3, 0.4) is 0 Å². The lowest BCUT2D eigenvalue weighted by atomic mass is 9.87. The van der Waals surface area contributed by atoms with Crippen LogP contribution in [-0.2, 0) is 0 Å². The predicted molar refractivity (Wildman–Crippen MR) is 94.3 cm³/mol. The third-order valence-electron chi connectivity index (χ3n) is 3.86. The summed E-state index contributed by atoms with van der Waals surface area (Å²) in [5.41, 5.74) is 2.91. The second-order valence-electron chi connectivity index (χ2n) is 5.51. The molecule has 1 aromatic carbocycles. The highest BCUT2D eigenvalue weighted by Gasteiger charge is 2.19. The minimum absolute atomic E-state index is 0.0921. The van der Waals surface area contributed by atoms with Crippen LogP contribution in [0.4, 0.5) is 17.1 Å². The van der Waals surface area contributed by atoms with Crippen LogP contribution in [0.5, 0.6) is 0 Å². The van der Waals surface area contributed by atoms with Gasteiger partial charge in [0.15, 0.2) is 0 Å². The number of hydrogen-bond acceptors (Lipinski definition) is 6. The van der Waals surface area contributed by atoms with Gasteiger partial charge in [0.05, 0.1) is 22.1 Å². The first-order valence-electron chi connectivity index (χ1n) is 7.51. The maximum atomic E-state index is 11.1. The van der Waals surface area contributed by atoms with E-state index in [2.05, 4.69) is 28.8 Å². The van der Waals surface area contributed by atoms with Crippen molar-refractivity contribution in [3.05, 3.63) is 86.5 Å². The van der Waals surface area contributed by atoms with Crippen LogP contribution >= 0.6 is 0 Å². The number of allylic oxidation sites excluding steroid dienone is 8. The maximum absolute atomic E-state index is 11.1. The van der Waals surface area contributed by atoms with Crippen molar-refractivity contribution in [2.75, 3.05) is 5.43 Å². The number of rotatable bonds is 5. The zero-order chi connectivity index (χ0) is 17.8. The summed E-state index contributed by atoms with van der Waals surface area (Å²) < 4.78 is 0. The molecule has 8 heteroatoms. The summed E-state index contributed by atoms with van der Waals surface area (Å²) in [6.45, 7) is 0. The van der Waals surface area contributed by atoms with Crippen LogP contribution in [0.15, 0.2) is 71.4 Å². The lowest BCUT2D eigenvalue weighted by Crippen LogP contribution is -2.09. The molecule has 3 aliphatic carbocycles. The molecular formula is C17H14N4O4. The first-order chi connectivity index (χ1) is 12.0. The number of benzene rings is 1. The zero-order valence-corrected chi connectivity index (χ0v) is 13.0. The Labute approximate surface area is 142 Å². The highest BCUT2D eigenvalue weighted by Crippen LogP contribution is 2.29. The molecule has 0 unspecified atom stereocenters. The van der Waals surface area contributed by atoms with Crippen LogP contribution in [-0.4, -0.2) is 16.1 Å². The van der Waals surface area contributed by atoms with Gasteiger partial charge in [0.2, 0.25) is 0 Å². The van der Waals surface area contributed by atoms with Gasteiger partial charge in [0, 0.05) is 17.9 Å². The van der Waals surface area contributed by atoms with Crippen molar-refractivity contribution in [3.8, 4) is 0 Å². The van der Waals surface area contributed by atoms with Crippen molar-refractivity contribution in [2.24, 2.45) is 16.9 Å². The maximum Gasteiger partial charge on any atom is 0.301 e. The molecule has 3 aliphatic rings. The number of hydrogen-bond donors (Lipinski definition) is 1. The van der Waals surface area contributed by atoms with E-state index in [-0.39, 0.29) is 23.2 Å². The van der Waals surface area contributed by atoms with Crippen molar-refractivity contribution in [1.82, 2.24) is 0 Å². The Morgan fingerprint density at radius 3 is 2.60 bits per heavy atom. The monoisotopic (exact) mass is 338 g/mol. The standard InChI is InChI=1S/C17H14N4O4/c22-20(23)15-7-8-16(17(10-15)21(24)25)19-18-11-14-9-12-3-1-2-4-13(14)6-5-12/h1-13,19H/b3-1?,4-2?,18-11+/t12-,13-/m1/s1. The lowest BCUT2D eigenvalue weighted by Gasteiger charge is -2.18. The van der Waals surface area contributed by atoms with Crippen molar-refractivity contribution < 1.29 is 9.85 Å². The normalized spacial score (nSPS) is 21.0. The van der Waals surface area contributed by atoms with Gasteiger partial charge in [-0.1, -0.05) is 42.5 Å². The van der Waals surface area contributed by atoms with E-state index in [1.165, 1.54) is 12.1 Å². The van der Waals surface area contributed by atoms with Crippen molar-refractivity contribution in [2.45, 2.75) is 0 Å². The van der Waals surface area contributed by atoms with Gasteiger partial charge in [0.25, 0.3) is 5.69 Å². The quantitative estimate of drug-likeness (QED) is 0.380. The van der Waals surface area contributed by atoms with E-state index in [9.17, 15) is 20.2 Å². The van der Waals surface area contributed by atoms with Gasteiger partial charge < -0.3 is 0 Å². The molecule has 0 aliphatic heterocycles. The highest BCUT2D eigenvalue weighted by molar-refractivity contribution is 5.82. The number of non-ortho nitro benzene ring substituents is 1. The first kappa shape index (κ1) is 16.3. The van der Waals surface area contributed by atoms with E-state index in [1.54, 1.807) is 6.21 Å². The topological polar surface area (TPSA) is 111 Å². The van der Waals surface area contributed by atoms with Crippen LogP contribution in [0, 0.1) is 32.1 Å². The van der Waals surface area contributed by atoms with E-state index in [0.29, 0.717) is 0 Å². The Morgan fingerprint density at radius 2 is 1.84 bits per heavy atom. The van der Waals surface area contributed by atoms with E-state index in [1.807, 2.05) is 24.3 Å². The molecule has 8 nitrogen and oxygen atoms in total. The molecule has 1 aromatic rings. The lowest BCUT2D eigenvalue weighted by molar-refractivity contribution is -0.393. The summed E-state index contributed by atoms with van der Waals surface area (Å²) in [6.07, 6.45) is 15.9. The van der Waals surface area contributed by atoms with Crippen molar-refractivity contribution >= 4 is 23.3 Å². The molecule has 1 N–H and O–H groups in total. The summed E-state index contributed by atoms with van der Waals surface area (Å²) in [7, 11) is 0.